The summed E-state index contributed by atoms with van der Waals surface area (Å²) in [6.07, 6.45) is 0. The summed E-state index contributed by atoms with van der Waals surface area (Å²) >= 11 is 3.73. The van der Waals surface area contributed by atoms with E-state index >= 15 is 0 Å². The Morgan fingerprint density at radius 1 is 0.291 bits per heavy atom. The Morgan fingerprint density at radius 3 is 1.65 bits per heavy atom. The maximum absolute atomic E-state index is 2.53. The highest BCUT2D eigenvalue weighted by atomic mass is 32.1. The zero-order valence-electron chi connectivity index (χ0n) is 29.8. The first-order chi connectivity index (χ1) is 27.3. The van der Waals surface area contributed by atoms with Crippen LogP contribution in [0.5, 0.6) is 0 Å². The molecule has 0 atom stereocenters. The Kier molecular flexibility index (Phi) is 7.61. The molecule has 0 radical (unpaired) electrons. The highest BCUT2D eigenvalue weighted by Crippen LogP contribution is 2.50. The molecule has 0 bridgehead atoms. The molecule has 0 amide bonds. The first kappa shape index (κ1) is 32.0. The van der Waals surface area contributed by atoms with E-state index in [2.05, 4.69) is 205 Å². The molecule has 3 heteroatoms. The molecule has 258 valence electrons. The van der Waals surface area contributed by atoms with Crippen molar-refractivity contribution in [2.75, 3.05) is 4.90 Å². The first-order valence-corrected chi connectivity index (χ1v) is 20.3. The molecule has 0 N–H and O–H groups in total. The van der Waals surface area contributed by atoms with Crippen LogP contribution in [-0.4, -0.2) is 0 Å². The molecule has 0 aliphatic rings. The van der Waals surface area contributed by atoms with Gasteiger partial charge in [-0.2, -0.15) is 0 Å². The summed E-state index contributed by atoms with van der Waals surface area (Å²) in [5, 5.41) is 7.67. The Morgan fingerprint density at radius 2 is 0.818 bits per heavy atom. The van der Waals surface area contributed by atoms with E-state index in [4.69, 9.17) is 0 Å². The van der Waals surface area contributed by atoms with E-state index in [1.54, 1.807) is 0 Å². The Labute approximate surface area is 327 Å². The van der Waals surface area contributed by atoms with E-state index in [9.17, 15) is 0 Å². The maximum atomic E-state index is 2.53. The minimum atomic E-state index is 1.13. The molecule has 1 nitrogen and oxygen atoms in total. The molecule has 0 saturated heterocycles. The van der Waals surface area contributed by atoms with Crippen molar-refractivity contribution in [1.82, 2.24) is 0 Å². The largest absolute Gasteiger partial charge is 0.309 e. The van der Waals surface area contributed by atoms with Gasteiger partial charge in [0.05, 0.1) is 17.1 Å². The van der Waals surface area contributed by atoms with Crippen molar-refractivity contribution in [3.8, 4) is 33.4 Å². The fraction of sp³-hybridized carbons (Fsp3) is 0. The molecule has 0 fully saturated rings. The van der Waals surface area contributed by atoms with Crippen molar-refractivity contribution in [1.29, 1.82) is 0 Å². The third kappa shape index (κ3) is 5.35. The van der Waals surface area contributed by atoms with Crippen molar-refractivity contribution in [3.05, 3.63) is 200 Å². The number of anilines is 3. The molecule has 11 aromatic rings. The SMILES string of the molecule is c1ccc(-c2ccccc2N(c2ccccc2-c2ccc3c(c2)sc2ccccc23)c2cccc3sc4ccccc4c23)c(-c2ccc3ccccc3c2)c1. The van der Waals surface area contributed by atoms with Gasteiger partial charge in [-0.1, -0.05) is 152 Å². The topological polar surface area (TPSA) is 3.24 Å². The van der Waals surface area contributed by atoms with Crippen molar-refractivity contribution < 1.29 is 0 Å². The third-order valence-corrected chi connectivity index (χ3v) is 13.1. The van der Waals surface area contributed by atoms with E-state index in [1.165, 1.54) is 90.2 Å². The molecule has 9 aromatic carbocycles. The Bertz CT molecular complexity index is 3240. The summed E-state index contributed by atoms with van der Waals surface area (Å²) in [4.78, 5) is 2.53. The lowest BCUT2D eigenvalue weighted by Gasteiger charge is -2.31. The van der Waals surface area contributed by atoms with Gasteiger partial charge in [0.25, 0.3) is 0 Å². The summed E-state index contributed by atoms with van der Waals surface area (Å²) in [5.74, 6) is 0. The van der Waals surface area contributed by atoms with Gasteiger partial charge in [-0.15, -0.1) is 22.7 Å². The van der Waals surface area contributed by atoms with Crippen LogP contribution in [0.3, 0.4) is 0 Å². The number of thiophene rings is 2. The summed E-state index contributed by atoms with van der Waals surface area (Å²) in [6, 6.07) is 73.6. The summed E-state index contributed by atoms with van der Waals surface area (Å²) < 4.78 is 5.19. The Hall–Kier alpha value is -6.52. The van der Waals surface area contributed by atoms with Crippen LogP contribution in [0.2, 0.25) is 0 Å². The summed E-state index contributed by atoms with van der Waals surface area (Å²) in [6.45, 7) is 0. The van der Waals surface area contributed by atoms with Gasteiger partial charge in [-0.05, 0) is 81.6 Å². The average molecular weight is 736 g/mol. The minimum Gasteiger partial charge on any atom is -0.309 e. The second-order valence-electron chi connectivity index (χ2n) is 14.0. The number of rotatable bonds is 6. The standard InChI is InChI=1S/C52H33NS2/c1-2-15-35-32-36(29-28-34(35)14-1)38-16-3-4-18-40(38)41-19-6-10-23-46(41)53(47-24-13-27-50-52(47)44-21-8-12-26-49(44)54-50)45-22-9-5-17-39(45)37-30-31-43-42-20-7-11-25-48(42)55-51(43)33-37/h1-33H. The summed E-state index contributed by atoms with van der Waals surface area (Å²) in [7, 11) is 0. The van der Waals surface area contributed by atoms with Crippen LogP contribution in [0.4, 0.5) is 17.1 Å². The number of fused-ring (bicyclic) bond motifs is 7. The lowest BCUT2D eigenvalue weighted by atomic mass is 9.91. The van der Waals surface area contributed by atoms with Gasteiger partial charge in [-0.25, -0.2) is 0 Å². The predicted molar refractivity (Wildman–Crippen MR) is 241 cm³/mol. The number of hydrogen-bond donors (Lipinski definition) is 0. The number of benzene rings is 9. The maximum Gasteiger partial charge on any atom is 0.0555 e. The molecule has 0 aliphatic carbocycles. The van der Waals surface area contributed by atoms with Gasteiger partial charge in [-0.3, -0.25) is 0 Å². The first-order valence-electron chi connectivity index (χ1n) is 18.7. The molecule has 0 unspecified atom stereocenters. The van der Waals surface area contributed by atoms with Crippen molar-refractivity contribution in [2.45, 2.75) is 0 Å². The fourth-order valence-corrected chi connectivity index (χ4v) is 10.6. The van der Waals surface area contributed by atoms with Gasteiger partial charge in [0.2, 0.25) is 0 Å². The van der Waals surface area contributed by atoms with Crippen LogP contribution in [0.1, 0.15) is 0 Å². The monoisotopic (exact) mass is 735 g/mol. The van der Waals surface area contributed by atoms with Gasteiger partial charge in [0.1, 0.15) is 0 Å². The zero-order chi connectivity index (χ0) is 36.3. The van der Waals surface area contributed by atoms with Gasteiger partial charge >= 0.3 is 0 Å². The van der Waals surface area contributed by atoms with Gasteiger partial charge < -0.3 is 4.90 Å². The normalized spacial score (nSPS) is 11.6. The van der Waals surface area contributed by atoms with E-state index in [1.807, 2.05) is 22.7 Å². The average Bonchev–Trinajstić information content (AvgIpc) is 3.82. The van der Waals surface area contributed by atoms with Crippen LogP contribution in [-0.2, 0) is 0 Å². The third-order valence-electron chi connectivity index (χ3n) is 10.9. The van der Waals surface area contributed by atoms with Crippen molar-refractivity contribution in [3.63, 3.8) is 0 Å². The highest BCUT2D eigenvalue weighted by molar-refractivity contribution is 7.26. The summed E-state index contributed by atoms with van der Waals surface area (Å²) in [5.41, 5.74) is 10.6. The van der Waals surface area contributed by atoms with Crippen LogP contribution >= 0.6 is 22.7 Å². The van der Waals surface area contributed by atoms with E-state index < -0.39 is 0 Å². The number of nitrogens with zero attached hydrogens (tertiary/aromatic N) is 1. The van der Waals surface area contributed by atoms with Crippen LogP contribution < -0.4 is 4.90 Å². The highest BCUT2D eigenvalue weighted by Gasteiger charge is 2.24. The van der Waals surface area contributed by atoms with Gasteiger partial charge in [0.15, 0.2) is 0 Å². The van der Waals surface area contributed by atoms with Crippen molar-refractivity contribution >= 4 is 90.9 Å². The van der Waals surface area contributed by atoms with Gasteiger partial charge in [0, 0.05) is 51.5 Å². The van der Waals surface area contributed by atoms with E-state index in [0.29, 0.717) is 0 Å². The second-order valence-corrected chi connectivity index (χ2v) is 16.2. The van der Waals surface area contributed by atoms with E-state index in [-0.39, 0.29) is 0 Å². The molecule has 2 heterocycles. The predicted octanol–water partition coefficient (Wildman–Crippen LogP) is 16.0. The van der Waals surface area contributed by atoms with Crippen LogP contribution in [0.15, 0.2) is 200 Å². The zero-order valence-corrected chi connectivity index (χ0v) is 31.4. The number of hydrogen-bond acceptors (Lipinski definition) is 3. The molecule has 0 aliphatic heterocycles. The lowest BCUT2D eigenvalue weighted by Crippen LogP contribution is -2.13. The molecule has 55 heavy (non-hydrogen) atoms. The minimum absolute atomic E-state index is 1.13. The molecular formula is C52H33NS2. The molecule has 2 aromatic heterocycles. The number of para-hydroxylation sites is 2. The quantitative estimate of drug-likeness (QED) is 0.164. The molecular weight excluding hydrogens is 703 g/mol. The second kappa shape index (κ2) is 13.1. The Balaban J connectivity index is 1.18. The van der Waals surface area contributed by atoms with E-state index in [0.717, 1.165) is 11.4 Å². The fourth-order valence-electron chi connectivity index (χ4n) is 8.36. The molecule has 0 saturated carbocycles. The van der Waals surface area contributed by atoms with Crippen LogP contribution in [0.25, 0.3) is 84.5 Å². The molecule has 11 rings (SSSR count). The lowest BCUT2D eigenvalue weighted by molar-refractivity contribution is 1.30. The van der Waals surface area contributed by atoms with Crippen LogP contribution in [0, 0.1) is 0 Å². The smallest absolute Gasteiger partial charge is 0.0555 e. The van der Waals surface area contributed by atoms with Crippen molar-refractivity contribution in [2.24, 2.45) is 0 Å². The molecule has 0 spiro atoms.